The van der Waals surface area contributed by atoms with Gasteiger partial charge in [-0.3, -0.25) is 8.37 Å². The molecular formula is C12H22F6O12S4. The highest BCUT2D eigenvalue weighted by Gasteiger charge is 2.30. The van der Waals surface area contributed by atoms with Gasteiger partial charge in [-0.1, -0.05) is 6.92 Å². The lowest BCUT2D eigenvalue weighted by Gasteiger charge is -2.15. The fourth-order valence-corrected chi connectivity index (χ4v) is 4.01. The molecule has 34 heavy (non-hydrogen) atoms. The van der Waals surface area contributed by atoms with Gasteiger partial charge in [-0.15, -0.1) is 0 Å². The van der Waals surface area contributed by atoms with Crippen LogP contribution in [0.3, 0.4) is 0 Å². The monoisotopic (exact) mass is 600 g/mol. The van der Waals surface area contributed by atoms with E-state index in [-0.39, 0.29) is 6.42 Å². The highest BCUT2D eigenvalue weighted by Crippen LogP contribution is 2.13. The van der Waals surface area contributed by atoms with Crippen LogP contribution in [0.4, 0.5) is 26.3 Å². The Bertz CT molecular complexity index is 960. The van der Waals surface area contributed by atoms with Gasteiger partial charge >= 0.3 is 31.8 Å². The minimum Gasteiger partial charge on any atom is -0.263 e. The Morgan fingerprint density at radius 1 is 0.676 bits per heavy atom. The summed E-state index contributed by atoms with van der Waals surface area (Å²) in [5, 5.41) is 0. The van der Waals surface area contributed by atoms with E-state index in [1.807, 2.05) is 0 Å². The van der Waals surface area contributed by atoms with E-state index in [1.165, 1.54) is 6.92 Å². The van der Waals surface area contributed by atoms with Gasteiger partial charge < -0.3 is 0 Å². The van der Waals surface area contributed by atoms with E-state index in [2.05, 4.69) is 16.7 Å². The maximum Gasteiger partial charge on any atom is 0.361 e. The molecule has 0 radical (unpaired) electrons. The van der Waals surface area contributed by atoms with Crippen LogP contribution in [-0.4, -0.2) is 89.0 Å². The molecule has 0 amide bonds. The Morgan fingerprint density at radius 2 is 1.06 bits per heavy atom. The zero-order chi connectivity index (χ0) is 27.4. The third kappa shape index (κ3) is 16.0. The molecule has 0 spiro atoms. The molecule has 0 aromatic heterocycles. The van der Waals surface area contributed by atoms with Crippen LogP contribution in [-0.2, 0) is 57.2 Å². The number of rotatable bonds is 16. The van der Waals surface area contributed by atoms with Crippen LogP contribution < -0.4 is 0 Å². The minimum atomic E-state index is -5.18. The van der Waals surface area contributed by atoms with Crippen LogP contribution in [0, 0.1) is 0 Å². The Balaban J connectivity index is 0. The van der Waals surface area contributed by atoms with Crippen molar-refractivity contribution in [3.05, 3.63) is 0 Å². The van der Waals surface area contributed by atoms with E-state index in [9.17, 15) is 60.0 Å². The van der Waals surface area contributed by atoms with Crippen LogP contribution in [0.2, 0.25) is 0 Å². The predicted molar refractivity (Wildman–Crippen MR) is 102 cm³/mol. The van der Waals surface area contributed by atoms with Crippen molar-refractivity contribution in [3.63, 3.8) is 0 Å². The first-order valence-electron chi connectivity index (χ1n) is 8.55. The third-order valence-corrected chi connectivity index (χ3v) is 6.96. The smallest absolute Gasteiger partial charge is 0.263 e. The molecular weight excluding hydrogens is 578 g/mol. The summed E-state index contributed by atoms with van der Waals surface area (Å²) in [7, 11) is -18.7. The Morgan fingerprint density at radius 3 is 1.35 bits per heavy atom. The zero-order valence-corrected chi connectivity index (χ0v) is 20.6. The van der Waals surface area contributed by atoms with E-state index in [4.69, 9.17) is 0 Å². The van der Waals surface area contributed by atoms with Crippen LogP contribution in [0.15, 0.2) is 0 Å². The van der Waals surface area contributed by atoms with Crippen molar-refractivity contribution in [3.8, 4) is 0 Å². The lowest BCUT2D eigenvalue weighted by molar-refractivity contribution is 0.0146. The van der Waals surface area contributed by atoms with Gasteiger partial charge in [0.25, 0.3) is 20.2 Å². The summed E-state index contributed by atoms with van der Waals surface area (Å²) in [6, 6.07) is 0. The number of hydrogen-bond acceptors (Lipinski definition) is 12. The van der Waals surface area contributed by atoms with E-state index >= 15 is 0 Å². The summed E-state index contributed by atoms with van der Waals surface area (Å²) in [4.78, 5) is 0. The SMILES string of the molecule is CC(COS(=O)(=O)C(F)F)OS(=O)(=O)C(F)F.CCC(OS(=O)(=O)CCF)OS(=O)(=O)CCF. The lowest BCUT2D eigenvalue weighted by atomic mass is 10.5. The topological polar surface area (TPSA) is 173 Å². The van der Waals surface area contributed by atoms with Gasteiger partial charge in [0.15, 0.2) is 6.29 Å². The molecule has 0 N–H and O–H groups in total. The largest absolute Gasteiger partial charge is 0.361 e. The van der Waals surface area contributed by atoms with Gasteiger partial charge in [-0.05, 0) is 13.3 Å². The van der Waals surface area contributed by atoms with Crippen molar-refractivity contribution in [2.75, 3.05) is 31.5 Å². The summed E-state index contributed by atoms with van der Waals surface area (Å²) in [5.74, 6) is -9.43. The average molecular weight is 601 g/mol. The van der Waals surface area contributed by atoms with E-state index < -0.39 is 95.8 Å². The molecule has 0 heterocycles. The predicted octanol–water partition coefficient (Wildman–Crippen LogP) is 0.867. The molecule has 0 bridgehead atoms. The summed E-state index contributed by atoms with van der Waals surface area (Å²) in [6.07, 6.45) is -3.34. The molecule has 12 nitrogen and oxygen atoms in total. The summed E-state index contributed by atoms with van der Waals surface area (Å²) < 4.78 is 173. The second-order valence-electron chi connectivity index (χ2n) is 5.63. The lowest BCUT2D eigenvalue weighted by Crippen LogP contribution is -2.27. The molecule has 0 fully saturated rings. The van der Waals surface area contributed by atoms with E-state index in [0.29, 0.717) is 0 Å². The highest BCUT2D eigenvalue weighted by molar-refractivity contribution is 7.87. The van der Waals surface area contributed by atoms with Crippen LogP contribution in [0.5, 0.6) is 0 Å². The molecule has 208 valence electrons. The molecule has 0 saturated heterocycles. The molecule has 0 aliphatic rings. The maximum absolute atomic E-state index is 11.8. The first-order chi connectivity index (χ1) is 15.2. The normalized spacial score (nSPS) is 14.3. The second-order valence-corrected chi connectivity index (χ2v) is 12.2. The third-order valence-electron chi connectivity index (χ3n) is 2.70. The molecule has 0 aliphatic heterocycles. The Labute approximate surface area is 193 Å². The van der Waals surface area contributed by atoms with Crippen molar-refractivity contribution in [1.29, 1.82) is 0 Å². The van der Waals surface area contributed by atoms with E-state index in [0.717, 1.165) is 6.92 Å². The van der Waals surface area contributed by atoms with Gasteiger partial charge in [-0.2, -0.15) is 51.2 Å². The van der Waals surface area contributed by atoms with Crippen molar-refractivity contribution in [1.82, 2.24) is 0 Å². The molecule has 0 aliphatic carbocycles. The first kappa shape index (κ1) is 35.4. The zero-order valence-electron chi connectivity index (χ0n) is 17.4. The van der Waals surface area contributed by atoms with Gasteiger partial charge in [0.05, 0.1) is 12.7 Å². The first-order valence-corrected chi connectivity index (χ1v) is 14.7. The van der Waals surface area contributed by atoms with Gasteiger partial charge in [0.1, 0.15) is 24.9 Å². The summed E-state index contributed by atoms with van der Waals surface area (Å²) in [6.45, 7) is -1.17. The van der Waals surface area contributed by atoms with Gasteiger partial charge in [-0.25, -0.2) is 17.1 Å². The van der Waals surface area contributed by atoms with E-state index in [1.54, 1.807) is 0 Å². The van der Waals surface area contributed by atoms with Gasteiger partial charge in [0.2, 0.25) is 0 Å². The highest BCUT2D eigenvalue weighted by atomic mass is 32.2. The molecule has 0 saturated carbocycles. The van der Waals surface area contributed by atoms with Gasteiger partial charge in [0, 0.05) is 0 Å². The molecule has 1 atom stereocenters. The molecule has 1 unspecified atom stereocenters. The summed E-state index contributed by atoms with van der Waals surface area (Å²) >= 11 is 0. The number of halogens is 6. The maximum atomic E-state index is 11.8. The van der Waals surface area contributed by atoms with Crippen LogP contribution in [0.25, 0.3) is 0 Å². The average Bonchev–Trinajstić information content (AvgIpc) is 2.65. The second kappa shape index (κ2) is 15.4. The molecule has 0 aromatic rings. The van der Waals surface area contributed by atoms with Crippen LogP contribution in [0.1, 0.15) is 20.3 Å². The van der Waals surface area contributed by atoms with Crippen molar-refractivity contribution in [2.24, 2.45) is 0 Å². The summed E-state index contributed by atoms with van der Waals surface area (Å²) in [5.41, 5.74) is 0. The minimum absolute atomic E-state index is 0.100. The quantitative estimate of drug-likeness (QED) is 0.139. The molecule has 22 heteroatoms. The number of hydrogen-bond donors (Lipinski definition) is 0. The Hall–Kier alpha value is -0.780. The fraction of sp³-hybridized carbons (Fsp3) is 1.00. The van der Waals surface area contributed by atoms with Crippen LogP contribution >= 0.6 is 0 Å². The molecule has 0 rings (SSSR count). The van der Waals surface area contributed by atoms with Crippen molar-refractivity contribution in [2.45, 2.75) is 44.2 Å². The standard InChI is InChI=1S/C7H14F2O6S2.C5H8F4O6S2/c1-2-7(14-16(10,11)5-3-8)15-17(12,13)6-4-9;1-3(15-17(12,13)5(8)9)2-14-16(10,11)4(6)7/h7H,2-6H2,1H3;3-5H,2H2,1H3. The fourth-order valence-electron chi connectivity index (χ4n) is 1.31. The Kier molecular flexibility index (Phi) is 16.0. The molecule has 0 aromatic carbocycles. The van der Waals surface area contributed by atoms with Crippen molar-refractivity contribution < 1.29 is 76.7 Å². The van der Waals surface area contributed by atoms with Crippen molar-refractivity contribution >= 4 is 40.5 Å². The number of alkyl halides is 6.